The molecule has 0 aliphatic carbocycles. The van der Waals surface area contributed by atoms with E-state index in [4.69, 9.17) is 4.74 Å². The van der Waals surface area contributed by atoms with Gasteiger partial charge >= 0.3 is 0 Å². The summed E-state index contributed by atoms with van der Waals surface area (Å²) in [4.78, 5) is 12.5. The smallest absolute Gasteiger partial charge is 0.191 e. The summed E-state index contributed by atoms with van der Waals surface area (Å²) in [7, 11) is 0. The Bertz CT molecular complexity index is 457. The number of aliphatic imine (C=N–C) groups is 1. The number of nitrogens with one attached hydrogen (secondary N) is 2. The molecular formula is C15H27N5OS. The summed E-state index contributed by atoms with van der Waals surface area (Å²) in [6.45, 7) is 11.6. The van der Waals surface area contributed by atoms with Gasteiger partial charge in [0.05, 0.1) is 24.8 Å². The minimum Gasteiger partial charge on any atom is -0.379 e. The molecule has 7 heteroatoms. The van der Waals surface area contributed by atoms with Gasteiger partial charge in [-0.1, -0.05) is 0 Å². The minimum atomic E-state index is 0.685. The normalized spacial score (nSPS) is 16.7. The summed E-state index contributed by atoms with van der Waals surface area (Å²) in [6.07, 6.45) is 3.02. The van der Waals surface area contributed by atoms with Crippen molar-refractivity contribution in [1.29, 1.82) is 0 Å². The molecule has 1 fully saturated rings. The van der Waals surface area contributed by atoms with Crippen LogP contribution in [-0.2, 0) is 11.3 Å². The SMILES string of the molecule is CCNC(=NCc1cnc(C)s1)NCCCN1CCOCC1. The molecule has 2 N–H and O–H groups in total. The van der Waals surface area contributed by atoms with E-state index in [9.17, 15) is 0 Å². The Hall–Kier alpha value is -1.18. The Balaban J connectivity index is 1.68. The van der Waals surface area contributed by atoms with E-state index in [2.05, 4.69) is 32.4 Å². The molecule has 1 aliphatic rings. The van der Waals surface area contributed by atoms with Crippen molar-refractivity contribution >= 4 is 17.3 Å². The second kappa shape index (κ2) is 9.76. The lowest BCUT2D eigenvalue weighted by Crippen LogP contribution is -2.40. The molecule has 2 rings (SSSR count). The number of hydrogen-bond acceptors (Lipinski definition) is 5. The van der Waals surface area contributed by atoms with Crippen LogP contribution in [0, 0.1) is 6.92 Å². The van der Waals surface area contributed by atoms with Crippen LogP contribution in [0.3, 0.4) is 0 Å². The fraction of sp³-hybridized carbons (Fsp3) is 0.733. The van der Waals surface area contributed by atoms with Crippen LogP contribution in [0.5, 0.6) is 0 Å². The lowest BCUT2D eigenvalue weighted by Gasteiger charge is -2.26. The quantitative estimate of drug-likeness (QED) is 0.448. The van der Waals surface area contributed by atoms with Crippen molar-refractivity contribution in [3.63, 3.8) is 0 Å². The van der Waals surface area contributed by atoms with Crippen molar-refractivity contribution < 1.29 is 4.74 Å². The van der Waals surface area contributed by atoms with Crippen molar-refractivity contribution in [3.05, 3.63) is 16.1 Å². The molecule has 0 radical (unpaired) electrons. The van der Waals surface area contributed by atoms with Crippen LogP contribution in [0.25, 0.3) is 0 Å². The number of rotatable bonds is 7. The summed E-state index contributed by atoms with van der Waals surface area (Å²) >= 11 is 1.70. The van der Waals surface area contributed by atoms with Gasteiger partial charge in [0.2, 0.25) is 0 Å². The van der Waals surface area contributed by atoms with Gasteiger partial charge in [0.15, 0.2) is 5.96 Å². The molecule has 1 aliphatic heterocycles. The second-order valence-electron chi connectivity index (χ2n) is 5.28. The summed E-state index contributed by atoms with van der Waals surface area (Å²) in [5.74, 6) is 0.885. The third-order valence-corrected chi connectivity index (χ3v) is 4.35. The first-order valence-electron chi connectivity index (χ1n) is 8.01. The van der Waals surface area contributed by atoms with Crippen LogP contribution in [-0.4, -0.2) is 61.8 Å². The molecular weight excluding hydrogens is 298 g/mol. The topological polar surface area (TPSA) is 61.8 Å². The van der Waals surface area contributed by atoms with E-state index in [-0.39, 0.29) is 0 Å². The fourth-order valence-corrected chi connectivity index (χ4v) is 3.03. The predicted molar refractivity (Wildman–Crippen MR) is 91.5 cm³/mol. The minimum absolute atomic E-state index is 0.685. The summed E-state index contributed by atoms with van der Waals surface area (Å²) < 4.78 is 5.36. The molecule has 0 amide bonds. The van der Waals surface area contributed by atoms with E-state index in [0.717, 1.165) is 63.3 Å². The highest BCUT2D eigenvalue weighted by Crippen LogP contribution is 2.12. The van der Waals surface area contributed by atoms with Gasteiger partial charge in [0, 0.05) is 37.3 Å². The van der Waals surface area contributed by atoms with Crippen molar-refractivity contribution in [3.8, 4) is 0 Å². The maximum Gasteiger partial charge on any atom is 0.191 e. The van der Waals surface area contributed by atoms with E-state index >= 15 is 0 Å². The number of ether oxygens (including phenoxy) is 1. The van der Waals surface area contributed by atoms with Gasteiger partial charge in [0.1, 0.15) is 0 Å². The average Bonchev–Trinajstić information content (AvgIpc) is 2.95. The number of thiazole rings is 1. The molecule has 22 heavy (non-hydrogen) atoms. The first-order valence-corrected chi connectivity index (χ1v) is 8.83. The zero-order valence-corrected chi connectivity index (χ0v) is 14.4. The highest BCUT2D eigenvalue weighted by molar-refractivity contribution is 7.11. The van der Waals surface area contributed by atoms with Crippen LogP contribution < -0.4 is 10.6 Å². The first-order chi connectivity index (χ1) is 10.8. The Kier molecular flexibility index (Phi) is 7.62. The Morgan fingerprint density at radius 2 is 2.23 bits per heavy atom. The molecule has 0 saturated carbocycles. The second-order valence-corrected chi connectivity index (χ2v) is 6.59. The molecule has 1 aromatic rings. The van der Waals surface area contributed by atoms with Crippen LogP contribution in [0.15, 0.2) is 11.2 Å². The van der Waals surface area contributed by atoms with Crippen LogP contribution >= 0.6 is 11.3 Å². The monoisotopic (exact) mass is 325 g/mol. The standard InChI is InChI=1S/C15H27N5OS/c1-3-16-15(19-12-14-11-18-13(2)22-14)17-5-4-6-20-7-9-21-10-8-20/h11H,3-10,12H2,1-2H3,(H2,16,17,19). The summed E-state index contributed by atoms with van der Waals surface area (Å²) in [5.41, 5.74) is 0. The third kappa shape index (κ3) is 6.29. The van der Waals surface area contributed by atoms with Gasteiger partial charge in [-0.25, -0.2) is 9.98 Å². The molecule has 1 aromatic heterocycles. The fourth-order valence-electron chi connectivity index (χ4n) is 2.31. The molecule has 1 saturated heterocycles. The van der Waals surface area contributed by atoms with E-state index in [1.807, 2.05) is 13.1 Å². The molecule has 6 nitrogen and oxygen atoms in total. The zero-order chi connectivity index (χ0) is 15.6. The highest BCUT2D eigenvalue weighted by Gasteiger charge is 2.09. The number of hydrogen-bond donors (Lipinski definition) is 2. The van der Waals surface area contributed by atoms with Crippen molar-refractivity contribution in [2.45, 2.75) is 26.8 Å². The largest absolute Gasteiger partial charge is 0.379 e. The maximum absolute atomic E-state index is 5.36. The molecule has 0 aromatic carbocycles. The number of nitrogens with zero attached hydrogens (tertiary/aromatic N) is 3. The highest BCUT2D eigenvalue weighted by atomic mass is 32.1. The predicted octanol–water partition coefficient (Wildman–Crippen LogP) is 1.23. The molecule has 124 valence electrons. The van der Waals surface area contributed by atoms with E-state index in [0.29, 0.717) is 6.54 Å². The first kappa shape index (κ1) is 17.2. The van der Waals surface area contributed by atoms with Crippen LogP contribution in [0.2, 0.25) is 0 Å². The van der Waals surface area contributed by atoms with Crippen LogP contribution in [0.1, 0.15) is 23.2 Å². The molecule has 0 spiro atoms. The number of guanidine groups is 1. The van der Waals surface area contributed by atoms with Gasteiger partial charge in [0.25, 0.3) is 0 Å². The lowest BCUT2D eigenvalue weighted by atomic mass is 10.3. The number of aryl methyl sites for hydroxylation is 1. The Labute approximate surface area is 137 Å². The van der Waals surface area contributed by atoms with E-state index in [1.165, 1.54) is 4.88 Å². The zero-order valence-electron chi connectivity index (χ0n) is 13.6. The van der Waals surface area contributed by atoms with Crippen molar-refractivity contribution in [2.75, 3.05) is 45.9 Å². The van der Waals surface area contributed by atoms with Gasteiger partial charge in [-0.15, -0.1) is 11.3 Å². The maximum atomic E-state index is 5.36. The Morgan fingerprint density at radius 3 is 2.91 bits per heavy atom. The molecule has 0 bridgehead atoms. The van der Waals surface area contributed by atoms with Gasteiger partial charge in [-0.3, -0.25) is 4.90 Å². The summed E-state index contributed by atoms with van der Waals surface area (Å²) in [5, 5.41) is 7.78. The third-order valence-electron chi connectivity index (χ3n) is 3.45. The number of morpholine rings is 1. The lowest BCUT2D eigenvalue weighted by molar-refractivity contribution is 0.0376. The van der Waals surface area contributed by atoms with Gasteiger partial charge < -0.3 is 15.4 Å². The van der Waals surface area contributed by atoms with E-state index in [1.54, 1.807) is 11.3 Å². The molecule has 2 heterocycles. The molecule has 0 atom stereocenters. The van der Waals surface area contributed by atoms with Crippen LogP contribution in [0.4, 0.5) is 0 Å². The summed E-state index contributed by atoms with van der Waals surface area (Å²) in [6, 6.07) is 0. The Morgan fingerprint density at radius 1 is 1.41 bits per heavy atom. The van der Waals surface area contributed by atoms with Gasteiger partial charge in [-0.2, -0.15) is 0 Å². The van der Waals surface area contributed by atoms with Crippen molar-refractivity contribution in [2.24, 2.45) is 4.99 Å². The van der Waals surface area contributed by atoms with Crippen molar-refractivity contribution in [1.82, 2.24) is 20.5 Å². The molecule has 0 unspecified atom stereocenters. The number of aromatic nitrogens is 1. The van der Waals surface area contributed by atoms with Gasteiger partial charge in [-0.05, 0) is 26.8 Å². The van der Waals surface area contributed by atoms with E-state index < -0.39 is 0 Å². The average molecular weight is 325 g/mol.